The molecule has 0 bridgehead atoms. The molecule has 1 N–H and O–H groups in total. The van der Waals surface area contributed by atoms with Crippen LogP contribution in [0.25, 0.3) is 0 Å². The van der Waals surface area contributed by atoms with Crippen molar-refractivity contribution in [1.29, 1.82) is 0 Å². The first kappa shape index (κ1) is 53.0. The van der Waals surface area contributed by atoms with Gasteiger partial charge in [0.2, 0.25) is 6.54 Å². The molecule has 7 nitrogen and oxygen atoms in total. The molecule has 0 saturated heterocycles. The average Bonchev–Trinajstić information content (AvgIpc) is 3.07. The lowest BCUT2D eigenvalue weighted by molar-refractivity contribution is -0.373. The van der Waals surface area contributed by atoms with Crippen LogP contribution in [0, 0.1) is 47.3 Å². The Kier molecular flexibility index (Phi) is 34.1. The van der Waals surface area contributed by atoms with Gasteiger partial charge in [-0.2, -0.15) is 0 Å². The fourth-order valence-corrected chi connectivity index (χ4v) is 8.06. The average molecular weight is 774 g/mol. The summed E-state index contributed by atoms with van der Waals surface area (Å²) in [6, 6.07) is 0. The van der Waals surface area contributed by atoms with Gasteiger partial charge in [0.05, 0.1) is 13.2 Å². The van der Waals surface area contributed by atoms with E-state index >= 15 is 0 Å². The predicted molar refractivity (Wildman–Crippen MR) is 223 cm³/mol. The van der Waals surface area contributed by atoms with E-state index in [0.29, 0.717) is 31.7 Å². The van der Waals surface area contributed by atoms with E-state index in [-0.39, 0.29) is 19.8 Å². The first-order valence-corrected chi connectivity index (χ1v) is 24.0. The number of hydrogen-bond donors (Lipinski definition) is 0. The molecule has 8 heteroatoms. The Bertz CT molecular complexity index is 844. The minimum absolute atomic E-state index is 0.134. The van der Waals surface area contributed by atoms with Gasteiger partial charge in [-0.3, -0.25) is 4.57 Å². The van der Waals surface area contributed by atoms with E-state index in [0.717, 1.165) is 48.3 Å². The monoisotopic (exact) mass is 774 g/mol. The highest BCUT2D eigenvalue weighted by Crippen LogP contribution is 2.38. The van der Waals surface area contributed by atoms with Crippen LogP contribution in [0.5, 0.6) is 0 Å². The topological polar surface area (TPSA) is 101 Å². The van der Waals surface area contributed by atoms with Crippen LogP contribution in [-0.4, -0.2) is 45.7 Å². The zero-order valence-corrected chi connectivity index (χ0v) is 37.9. The number of ether oxygens (including phenoxy) is 2. The molecule has 0 rings (SSSR count). The second kappa shape index (κ2) is 34.1. The molecule has 0 aliphatic rings. The summed E-state index contributed by atoms with van der Waals surface area (Å²) in [5, 5.41) is 0. The molecule has 7 unspecified atom stereocenters. The highest BCUT2D eigenvalue weighted by atomic mass is 31.2. The Morgan fingerprint density at radius 3 is 1.15 bits per heavy atom. The van der Waals surface area contributed by atoms with Gasteiger partial charge in [0, 0.05) is 18.9 Å². The molecule has 0 saturated carbocycles. The van der Waals surface area contributed by atoms with Gasteiger partial charge in [0.1, 0.15) is 12.7 Å². The summed E-state index contributed by atoms with van der Waals surface area (Å²) in [6.07, 6.45) is 25.2. The lowest BCUT2D eigenvalue weighted by Gasteiger charge is -2.25. The van der Waals surface area contributed by atoms with Crippen molar-refractivity contribution in [1.82, 2.24) is 0 Å². The lowest BCUT2D eigenvalue weighted by atomic mass is 9.91. The Labute approximate surface area is 331 Å². The molecule has 0 spiro atoms. The summed E-state index contributed by atoms with van der Waals surface area (Å²) in [7, 11) is -4.46. The molecule has 318 valence electrons. The molecule has 0 aliphatic carbocycles. The molecule has 0 aromatic carbocycles. The van der Waals surface area contributed by atoms with Crippen molar-refractivity contribution in [3.05, 3.63) is 0 Å². The third-order valence-corrected chi connectivity index (χ3v) is 12.3. The van der Waals surface area contributed by atoms with E-state index in [1.807, 2.05) is 0 Å². The van der Waals surface area contributed by atoms with E-state index < -0.39 is 13.9 Å². The summed E-state index contributed by atoms with van der Waals surface area (Å²) in [4.78, 5) is 12.1. The van der Waals surface area contributed by atoms with Gasteiger partial charge in [-0.15, -0.1) is 0 Å². The maximum absolute atomic E-state index is 12.1. The quantitative estimate of drug-likeness (QED) is 0.0455. The maximum Gasteiger partial charge on any atom is 0.268 e. The summed E-state index contributed by atoms with van der Waals surface area (Å²) < 4.78 is 34.2. The van der Waals surface area contributed by atoms with Crippen molar-refractivity contribution < 1.29 is 33.7 Å². The summed E-state index contributed by atoms with van der Waals surface area (Å²) >= 11 is 0. The van der Waals surface area contributed by atoms with Crippen molar-refractivity contribution in [2.24, 2.45) is 47.3 Å². The van der Waals surface area contributed by atoms with E-state index in [1.54, 1.807) is 0 Å². The predicted octanol–water partition coefficient (Wildman–Crippen LogP) is 11.6. The van der Waals surface area contributed by atoms with Crippen molar-refractivity contribution in [2.45, 2.75) is 204 Å². The van der Waals surface area contributed by atoms with Crippen LogP contribution in [0.15, 0.2) is 0 Å². The molecular weight excluding hydrogens is 681 g/mol. The molecule has 0 amide bonds. The van der Waals surface area contributed by atoms with Crippen LogP contribution >= 0.6 is 7.82 Å². The van der Waals surface area contributed by atoms with E-state index in [9.17, 15) is 9.46 Å². The first-order valence-electron chi connectivity index (χ1n) is 22.6. The van der Waals surface area contributed by atoms with Crippen molar-refractivity contribution >= 4 is 7.82 Å². The van der Waals surface area contributed by atoms with E-state index in [1.165, 1.54) is 116 Å². The van der Waals surface area contributed by atoms with Crippen LogP contribution < -0.4 is 10.6 Å². The molecule has 0 aromatic heterocycles. The Hall–Kier alpha value is -0.0100. The molecule has 0 heterocycles. The minimum Gasteiger partial charge on any atom is -0.756 e. The van der Waals surface area contributed by atoms with E-state index in [4.69, 9.17) is 24.3 Å². The minimum atomic E-state index is -4.46. The second-order valence-electron chi connectivity index (χ2n) is 18.5. The smallest absolute Gasteiger partial charge is 0.268 e. The second-order valence-corrected chi connectivity index (χ2v) is 19.9. The third-order valence-electron chi connectivity index (χ3n) is 11.3. The van der Waals surface area contributed by atoms with Gasteiger partial charge in [-0.25, -0.2) is 0 Å². The number of rotatable bonds is 39. The van der Waals surface area contributed by atoms with Gasteiger partial charge in [0.25, 0.3) is 7.82 Å². The van der Waals surface area contributed by atoms with Crippen LogP contribution in [0.2, 0.25) is 0 Å². The fraction of sp³-hybridized carbons (Fsp3) is 1.00. The normalized spacial score (nSPS) is 17.5. The van der Waals surface area contributed by atoms with Gasteiger partial charge >= 0.3 is 0 Å². The van der Waals surface area contributed by atoms with Crippen molar-refractivity contribution in [3.63, 3.8) is 0 Å². The van der Waals surface area contributed by atoms with Gasteiger partial charge in [-0.1, -0.05) is 185 Å². The molecule has 0 aliphatic heterocycles. The number of hydrogen-bond acceptors (Lipinski definition) is 6. The van der Waals surface area contributed by atoms with Crippen LogP contribution in [-0.2, 0) is 23.1 Å². The van der Waals surface area contributed by atoms with Gasteiger partial charge < -0.3 is 23.4 Å². The first-order chi connectivity index (χ1) is 25.1. The van der Waals surface area contributed by atoms with Gasteiger partial charge in [-0.05, 0) is 60.2 Å². The lowest BCUT2D eigenvalue weighted by Crippen LogP contribution is -2.52. The van der Waals surface area contributed by atoms with Crippen molar-refractivity contribution in [3.8, 4) is 0 Å². The summed E-state index contributed by atoms with van der Waals surface area (Å²) in [5.74, 6) is 6.05. The molecule has 8 atom stereocenters. The largest absolute Gasteiger partial charge is 0.756 e. The summed E-state index contributed by atoms with van der Waals surface area (Å²) in [5.41, 5.74) is 7.17. The highest BCUT2D eigenvalue weighted by molar-refractivity contribution is 7.45. The zero-order valence-electron chi connectivity index (χ0n) is 37.0. The Balaban J connectivity index is 4.37. The molecule has 0 fully saturated rings. The Morgan fingerprint density at radius 1 is 0.453 bits per heavy atom. The number of phosphoric acid groups is 1. The maximum atomic E-state index is 12.1. The molecule has 53 heavy (non-hydrogen) atoms. The zero-order chi connectivity index (χ0) is 39.9. The summed E-state index contributed by atoms with van der Waals surface area (Å²) in [6.45, 7) is 24.5. The number of phosphoric ester groups is 1. The van der Waals surface area contributed by atoms with Crippen LogP contribution in [0.1, 0.15) is 198 Å². The van der Waals surface area contributed by atoms with Crippen LogP contribution in [0.3, 0.4) is 0 Å². The van der Waals surface area contributed by atoms with E-state index in [2.05, 4.69) is 69.2 Å². The van der Waals surface area contributed by atoms with Crippen LogP contribution in [0.4, 0.5) is 0 Å². The molecule has 2 radical (unpaired) electrons. The number of nitrogens with one attached hydrogen (secondary N) is 1. The van der Waals surface area contributed by atoms with Crippen molar-refractivity contribution in [2.75, 3.05) is 39.6 Å². The standard InChI is InChI=1S/C45H93NO6P/c1-37(2)17-11-19-39(5)21-13-23-41(7)25-15-27-43(9)29-32-49-35-45(36-52-53(47,48)51-34-31-46)50-33-30-44(10)28-16-26-42(8)24-14-22-40(6)20-12-18-38(3)4/h37-46H,11-36H2,1-10H3,(H,47,48)/q+1/p-1/t39?,40?,41?,42?,43?,44?,45-/m1/s1. The Morgan fingerprint density at radius 2 is 0.792 bits per heavy atom. The molecular formula is C45H92NO6P. The third kappa shape index (κ3) is 36.1. The SMILES string of the molecule is CC(C)CCCC(C)CCCC(C)CCCC(C)CCOC[C@H](COP(=O)([O-])OCC[NH+])OCCC(C)CCCC(C)CCCC(C)CCCC(C)C. The fourth-order valence-electron chi connectivity index (χ4n) is 7.32. The molecule has 0 aromatic rings. The highest BCUT2D eigenvalue weighted by Gasteiger charge is 2.18. The van der Waals surface area contributed by atoms with Gasteiger partial charge in [0.15, 0.2) is 0 Å².